The van der Waals surface area contributed by atoms with Crippen molar-refractivity contribution in [1.29, 1.82) is 0 Å². The van der Waals surface area contributed by atoms with Gasteiger partial charge in [-0.1, -0.05) is 17.7 Å². The van der Waals surface area contributed by atoms with Gasteiger partial charge in [0.05, 0.1) is 15.6 Å². The summed E-state index contributed by atoms with van der Waals surface area (Å²) in [6.45, 7) is 4.03. The fourth-order valence-corrected chi connectivity index (χ4v) is 2.22. The molecule has 0 fully saturated rings. The van der Waals surface area contributed by atoms with Crippen molar-refractivity contribution >= 4 is 46.0 Å². The molecule has 5 nitrogen and oxygen atoms in total. The molecular weight excluding hydrogens is 322 g/mol. The third-order valence-electron chi connectivity index (χ3n) is 3.17. The van der Waals surface area contributed by atoms with Crippen molar-refractivity contribution in [1.82, 2.24) is 0 Å². The number of nitrogens with zero attached hydrogens (tertiary/aromatic N) is 1. The van der Waals surface area contributed by atoms with E-state index in [1.165, 1.54) is 23.8 Å². The van der Waals surface area contributed by atoms with Gasteiger partial charge in [0, 0.05) is 17.8 Å². The number of thiocarbonyl (C=S) groups is 1. The Morgan fingerprint density at radius 3 is 2.50 bits per heavy atom. The van der Waals surface area contributed by atoms with Crippen LogP contribution in [0.4, 0.5) is 17.1 Å². The maximum atomic E-state index is 10.8. The van der Waals surface area contributed by atoms with Crippen LogP contribution >= 0.6 is 23.8 Å². The second-order valence-corrected chi connectivity index (χ2v) is 5.61. The SMILES string of the molecule is Cc1ccc(NC(=S)Nc2cc([N+](=O)[O-])ccc2Cl)cc1C. The third-order valence-corrected chi connectivity index (χ3v) is 3.71. The van der Waals surface area contributed by atoms with Crippen molar-refractivity contribution in [3.63, 3.8) is 0 Å². The van der Waals surface area contributed by atoms with Crippen LogP contribution in [0.15, 0.2) is 36.4 Å². The molecule has 2 aromatic carbocycles. The van der Waals surface area contributed by atoms with Gasteiger partial charge in [-0.05, 0) is 55.4 Å². The summed E-state index contributed by atoms with van der Waals surface area (Å²) in [6, 6.07) is 10.0. The molecule has 0 saturated carbocycles. The van der Waals surface area contributed by atoms with Gasteiger partial charge in [-0.15, -0.1) is 0 Å². The number of non-ortho nitro benzene ring substituents is 1. The number of nitro groups is 1. The summed E-state index contributed by atoms with van der Waals surface area (Å²) < 4.78 is 0. The average molecular weight is 336 g/mol. The molecule has 0 radical (unpaired) electrons. The molecule has 0 heterocycles. The van der Waals surface area contributed by atoms with Crippen LogP contribution in [-0.4, -0.2) is 10.0 Å². The second kappa shape index (κ2) is 6.72. The van der Waals surface area contributed by atoms with E-state index in [0.29, 0.717) is 15.8 Å². The highest BCUT2D eigenvalue weighted by molar-refractivity contribution is 7.80. The quantitative estimate of drug-likeness (QED) is 0.484. The van der Waals surface area contributed by atoms with Crippen molar-refractivity contribution < 1.29 is 4.92 Å². The van der Waals surface area contributed by atoms with Gasteiger partial charge in [0.15, 0.2) is 5.11 Å². The Hall–Kier alpha value is -2.18. The lowest BCUT2D eigenvalue weighted by atomic mass is 10.1. The van der Waals surface area contributed by atoms with Crippen molar-refractivity contribution in [2.24, 2.45) is 0 Å². The Morgan fingerprint density at radius 2 is 1.86 bits per heavy atom. The van der Waals surface area contributed by atoms with Gasteiger partial charge in [-0.3, -0.25) is 10.1 Å². The minimum atomic E-state index is -0.485. The number of nitro benzene ring substituents is 1. The Labute approximate surface area is 138 Å². The topological polar surface area (TPSA) is 67.2 Å². The highest BCUT2D eigenvalue weighted by Gasteiger charge is 2.11. The Bertz CT molecular complexity index is 750. The normalized spacial score (nSPS) is 10.1. The summed E-state index contributed by atoms with van der Waals surface area (Å²) in [5.74, 6) is 0. The third kappa shape index (κ3) is 3.93. The number of nitrogens with one attached hydrogen (secondary N) is 2. The van der Waals surface area contributed by atoms with E-state index in [1.54, 1.807) is 0 Å². The van der Waals surface area contributed by atoms with E-state index in [4.69, 9.17) is 23.8 Å². The molecule has 0 bridgehead atoms. The smallest absolute Gasteiger partial charge is 0.271 e. The van der Waals surface area contributed by atoms with Crippen LogP contribution in [0.25, 0.3) is 0 Å². The molecule has 0 spiro atoms. The van der Waals surface area contributed by atoms with Crippen LogP contribution in [0.5, 0.6) is 0 Å². The number of benzene rings is 2. The summed E-state index contributed by atoms with van der Waals surface area (Å²) >= 11 is 11.2. The molecule has 0 atom stereocenters. The zero-order valence-corrected chi connectivity index (χ0v) is 13.6. The van der Waals surface area contributed by atoms with Gasteiger partial charge >= 0.3 is 0 Å². The molecular formula is C15H14ClN3O2S. The summed E-state index contributed by atoms with van der Waals surface area (Å²) in [5.41, 5.74) is 3.49. The first-order valence-corrected chi connectivity index (χ1v) is 7.24. The van der Waals surface area contributed by atoms with E-state index < -0.39 is 4.92 Å². The van der Waals surface area contributed by atoms with Crippen molar-refractivity contribution in [2.45, 2.75) is 13.8 Å². The van der Waals surface area contributed by atoms with E-state index in [2.05, 4.69) is 10.6 Å². The predicted octanol–water partition coefficient (Wildman–Crippen LogP) is 4.67. The molecule has 2 aromatic rings. The van der Waals surface area contributed by atoms with Crippen LogP contribution in [0.3, 0.4) is 0 Å². The van der Waals surface area contributed by atoms with Gasteiger partial charge < -0.3 is 10.6 Å². The van der Waals surface area contributed by atoms with Gasteiger partial charge in [-0.25, -0.2) is 0 Å². The van der Waals surface area contributed by atoms with E-state index >= 15 is 0 Å². The summed E-state index contributed by atoms with van der Waals surface area (Å²) in [5, 5.41) is 17.4. The molecule has 0 unspecified atom stereocenters. The highest BCUT2D eigenvalue weighted by Crippen LogP contribution is 2.27. The fourth-order valence-electron chi connectivity index (χ4n) is 1.83. The molecule has 0 aliphatic rings. The van der Waals surface area contributed by atoms with Crippen molar-refractivity contribution in [3.05, 3.63) is 62.7 Å². The molecule has 0 saturated heterocycles. The maximum Gasteiger partial charge on any atom is 0.271 e. The number of rotatable bonds is 3. The van der Waals surface area contributed by atoms with Gasteiger partial charge in [-0.2, -0.15) is 0 Å². The first-order chi connectivity index (χ1) is 10.4. The molecule has 0 aliphatic heterocycles. The molecule has 0 aliphatic carbocycles. The Kier molecular flexibility index (Phi) is 4.95. The van der Waals surface area contributed by atoms with E-state index in [1.807, 2.05) is 32.0 Å². The Morgan fingerprint density at radius 1 is 1.14 bits per heavy atom. The number of aryl methyl sites for hydroxylation is 2. The Balaban J connectivity index is 2.13. The standard InChI is InChI=1S/C15H14ClN3O2S/c1-9-3-4-11(7-10(9)2)17-15(22)18-14-8-12(19(20)21)5-6-13(14)16/h3-8H,1-2H3,(H2,17,18,22). The first kappa shape index (κ1) is 16.2. The first-order valence-electron chi connectivity index (χ1n) is 6.46. The van der Waals surface area contributed by atoms with Gasteiger partial charge in [0.1, 0.15) is 0 Å². The molecule has 22 heavy (non-hydrogen) atoms. The maximum absolute atomic E-state index is 10.8. The van der Waals surface area contributed by atoms with Crippen LogP contribution in [-0.2, 0) is 0 Å². The fraction of sp³-hybridized carbons (Fsp3) is 0.133. The van der Waals surface area contributed by atoms with E-state index in [0.717, 1.165) is 11.3 Å². The zero-order valence-electron chi connectivity index (χ0n) is 12.0. The second-order valence-electron chi connectivity index (χ2n) is 4.80. The molecule has 114 valence electrons. The monoisotopic (exact) mass is 335 g/mol. The lowest BCUT2D eigenvalue weighted by Crippen LogP contribution is -2.19. The van der Waals surface area contributed by atoms with E-state index in [-0.39, 0.29) is 5.69 Å². The molecule has 0 amide bonds. The van der Waals surface area contributed by atoms with Crippen LogP contribution in [0.2, 0.25) is 5.02 Å². The lowest BCUT2D eigenvalue weighted by molar-refractivity contribution is -0.384. The molecule has 0 aromatic heterocycles. The van der Waals surface area contributed by atoms with Crippen LogP contribution in [0, 0.1) is 24.0 Å². The van der Waals surface area contributed by atoms with Gasteiger partial charge in [0.25, 0.3) is 5.69 Å². The lowest BCUT2D eigenvalue weighted by Gasteiger charge is -2.12. The number of anilines is 2. The van der Waals surface area contributed by atoms with Crippen LogP contribution in [0.1, 0.15) is 11.1 Å². The van der Waals surface area contributed by atoms with Crippen molar-refractivity contribution in [3.8, 4) is 0 Å². The predicted molar refractivity (Wildman–Crippen MR) is 93.9 cm³/mol. The number of halogens is 1. The largest absolute Gasteiger partial charge is 0.332 e. The summed E-state index contributed by atoms with van der Waals surface area (Å²) in [6.07, 6.45) is 0. The molecule has 7 heteroatoms. The van der Waals surface area contributed by atoms with Crippen LogP contribution < -0.4 is 10.6 Å². The minimum absolute atomic E-state index is 0.0547. The minimum Gasteiger partial charge on any atom is -0.332 e. The molecule has 2 N–H and O–H groups in total. The van der Waals surface area contributed by atoms with Gasteiger partial charge in [0.2, 0.25) is 0 Å². The number of hydrogen-bond acceptors (Lipinski definition) is 3. The van der Waals surface area contributed by atoms with Crippen molar-refractivity contribution in [2.75, 3.05) is 10.6 Å². The molecule has 2 rings (SSSR count). The zero-order chi connectivity index (χ0) is 16.3. The van der Waals surface area contributed by atoms with E-state index in [9.17, 15) is 10.1 Å². The summed E-state index contributed by atoms with van der Waals surface area (Å²) in [7, 11) is 0. The highest BCUT2D eigenvalue weighted by atomic mass is 35.5. The summed E-state index contributed by atoms with van der Waals surface area (Å²) in [4.78, 5) is 10.3. The average Bonchev–Trinajstić information content (AvgIpc) is 2.45. The number of hydrogen-bond donors (Lipinski definition) is 2.